The Bertz CT molecular complexity index is 721. The molecule has 2 heterocycles. The zero-order valence-corrected chi connectivity index (χ0v) is 14.1. The first kappa shape index (κ1) is 17.6. The lowest BCUT2D eigenvalue weighted by atomic mass is 10.2. The minimum absolute atomic E-state index is 0.120. The summed E-state index contributed by atoms with van der Waals surface area (Å²) in [6, 6.07) is 1.46. The molecule has 0 aliphatic heterocycles. The molecule has 0 aliphatic rings. The summed E-state index contributed by atoms with van der Waals surface area (Å²) < 4.78 is 3.25. The summed E-state index contributed by atoms with van der Waals surface area (Å²) >= 11 is 0. The number of nitro groups is 1. The molecule has 1 amide bonds. The van der Waals surface area contributed by atoms with Crippen molar-refractivity contribution >= 4 is 11.6 Å². The number of aromatic nitrogens is 4. The molecule has 2 aromatic rings. The largest absolute Gasteiger partial charge is 0.354 e. The highest BCUT2D eigenvalue weighted by Crippen LogP contribution is 2.15. The van der Waals surface area contributed by atoms with Crippen LogP contribution < -0.4 is 5.32 Å². The summed E-state index contributed by atoms with van der Waals surface area (Å²) in [6.07, 6.45) is 3.69. The molecule has 1 unspecified atom stereocenters. The second kappa shape index (κ2) is 7.71. The van der Waals surface area contributed by atoms with Crippen molar-refractivity contribution in [2.75, 3.05) is 6.54 Å². The van der Waals surface area contributed by atoms with E-state index >= 15 is 0 Å². The Morgan fingerprint density at radius 2 is 2.21 bits per heavy atom. The lowest BCUT2D eigenvalue weighted by Gasteiger charge is -2.15. The van der Waals surface area contributed by atoms with Gasteiger partial charge in [-0.3, -0.25) is 24.3 Å². The van der Waals surface area contributed by atoms with E-state index in [-0.39, 0.29) is 11.6 Å². The number of carbonyl (C=O) groups excluding carboxylic acids is 1. The van der Waals surface area contributed by atoms with Gasteiger partial charge in [0.15, 0.2) is 0 Å². The standard InChI is InChI=1S/C15H22N6O3/c1-4-14(20-10-13(9-17-20)21(23)24)15(22)16-6-5-7-19-12(3)8-11(2)18-19/h8-10,14H,4-7H2,1-3H3,(H,16,22). The van der Waals surface area contributed by atoms with E-state index in [4.69, 9.17) is 0 Å². The van der Waals surface area contributed by atoms with Crippen LogP contribution in [0.25, 0.3) is 0 Å². The average molecular weight is 334 g/mol. The van der Waals surface area contributed by atoms with Crippen LogP contribution in [0.15, 0.2) is 18.5 Å². The SMILES string of the molecule is CCC(C(=O)NCCCn1nc(C)cc1C)n1cc([N+](=O)[O-])cn1. The molecule has 2 rings (SSSR count). The molecule has 0 spiro atoms. The predicted octanol–water partition coefficient (Wildman–Crippen LogP) is 1.76. The van der Waals surface area contributed by atoms with Gasteiger partial charge in [-0.1, -0.05) is 6.92 Å². The maximum absolute atomic E-state index is 12.3. The van der Waals surface area contributed by atoms with Crippen molar-refractivity contribution < 1.29 is 9.72 Å². The first-order chi connectivity index (χ1) is 11.4. The van der Waals surface area contributed by atoms with E-state index in [1.165, 1.54) is 10.9 Å². The zero-order chi connectivity index (χ0) is 17.7. The number of hydrogen-bond donors (Lipinski definition) is 1. The van der Waals surface area contributed by atoms with Gasteiger partial charge in [0.25, 0.3) is 0 Å². The van der Waals surface area contributed by atoms with E-state index in [0.717, 1.165) is 30.6 Å². The molecule has 130 valence electrons. The van der Waals surface area contributed by atoms with Crippen LogP contribution in [0.2, 0.25) is 0 Å². The van der Waals surface area contributed by atoms with Gasteiger partial charge >= 0.3 is 5.69 Å². The van der Waals surface area contributed by atoms with Crippen LogP contribution in [-0.2, 0) is 11.3 Å². The normalized spacial score (nSPS) is 12.1. The number of nitrogens with zero attached hydrogens (tertiary/aromatic N) is 5. The third-order valence-corrected chi connectivity index (χ3v) is 3.76. The molecule has 0 fully saturated rings. The molecule has 1 atom stereocenters. The Labute approximate surface area is 139 Å². The fourth-order valence-corrected chi connectivity index (χ4v) is 2.54. The van der Waals surface area contributed by atoms with Crippen LogP contribution in [0, 0.1) is 24.0 Å². The molecule has 0 aliphatic carbocycles. The maximum atomic E-state index is 12.3. The molecular weight excluding hydrogens is 312 g/mol. The van der Waals surface area contributed by atoms with Crippen LogP contribution >= 0.6 is 0 Å². The molecule has 0 saturated heterocycles. The van der Waals surface area contributed by atoms with Gasteiger partial charge < -0.3 is 5.32 Å². The number of rotatable bonds is 8. The van der Waals surface area contributed by atoms with Crippen molar-refractivity contribution in [3.8, 4) is 0 Å². The number of hydrogen-bond acceptors (Lipinski definition) is 5. The smallest absolute Gasteiger partial charge is 0.307 e. The van der Waals surface area contributed by atoms with Gasteiger partial charge in [-0.2, -0.15) is 10.2 Å². The molecule has 0 saturated carbocycles. The number of nitrogens with one attached hydrogen (secondary N) is 1. The van der Waals surface area contributed by atoms with Crippen LogP contribution in [-0.4, -0.2) is 36.9 Å². The third-order valence-electron chi connectivity index (χ3n) is 3.76. The minimum Gasteiger partial charge on any atom is -0.354 e. The Morgan fingerprint density at radius 1 is 1.46 bits per heavy atom. The van der Waals surface area contributed by atoms with E-state index in [9.17, 15) is 14.9 Å². The van der Waals surface area contributed by atoms with Gasteiger partial charge in [0, 0.05) is 18.8 Å². The quantitative estimate of drug-likeness (QED) is 0.449. The average Bonchev–Trinajstić information content (AvgIpc) is 3.12. The van der Waals surface area contributed by atoms with E-state index in [1.54, 1.807) is 0 Å². The summed E-state index contributed by atoms with van der Waals surface area (Å²) in [5, 5.41) is 21.9. The number of amides is 1. The maximum Gasteiger partial charge on any atom is 0.307 e. The molecule has 0 bridgehead atoms. The van der Waals surface area contributed by atoms with Crippen LogP contribution in [0.1, 0.15) is 37.2 Å². The summed E-state index contributed by atoms with van der Waals surface area (Å²) in [5.41, 5.74) is 1.95. The highest BCUT2D eigenvalue weighted by Gasteiger charge is 2.21. The Morgan fingerprint density at radius 3 is 2.75 bits per heavy atom. The molecule has 24 heavy (non-hydrogen) atoms. The van der Waals surface area contributed by atoms with Crippen LogP contribution in [0.4, 0.5) is 5.69 Å². The molecular formula is C15H22N6O3. The lowest BCUT2D eigenvalue weighted by molar-refractivity contribution is -0.385. The van der Waals surface area contributed by atoms with E-state index in [2.05, 4.69) is 15.5 Å². The fraction of sp³-hybridized carbons (Fsp3) is 0.533. The molecule has 9 heteroatoms. The Hall–Kier alpha value is -2.71. The molecule has 2 aromatic heterocycles. The van der Waals surface area contributed by atoms with Gasteiger partial charge in [-0.25, -0.2) is 0 Å². The van der Waals surface area contributed by atoms with Gasteiger partial charge in [0.05, 0.1) is 10.6 Å². The summed E-state index contributed by atoms with van der Waals surface area (Å²) in [4.78, 5) is 22.5. The predicted molar refractivity (Wildman–Crippen MR) is 87.5 cm³/mol. The summed E-state index contributed by atoms with van der Waals surface area (Å²) in [5.74, 6) is -0.191. The van der Waals surface area contributed by atoms with Gasteiger partial charge in [0.1, 0.15) is 18.4 Å². The second-order valence-corrected chi connectivity index (χ2v) is 5.65. The highest BCUT2D eigenvalue weighted by molar-refractivity contribution is 5.80. The van der Waals surface area contributed by atoms with E-state index in [1.807, 2.05) is 31.5 Å². The summed E-state index contributed by atoms with van der Waals surface area (Å²) in [6.45, 7) is 7.02. The minimum atomic E-state index is -0.549. The first-order valence-electron chi connectivity index (χ1n) is 7.89. The molecule has 1 N–H and O–H groups in total. The van der Waals surface area contributed by atoms with Crippen molar-refractivity contribution in [1.29, 1.82) is 0 Å². The van der Waals surface area contributed by atoms with E-state index < -0.39 is 11.0 Å². The monoisotopic (exact) mass is 334 g/mol. The van der Waals surface area contributed by atoms with E-state index in [0.29, 0.717) is 13.0 Å². The van der Waals surface area contributed by atoms with Gasteiger partial charge in [-0.05, 0) is 32.8 Å². The summed E-state index contributed by atoms with van der Waals surface area (Å²) in [7, 11) is 0. The molecule has 0 radical (unpaired) electrons. The first-order valence-corrected chi connectivity index (χ1v) is 7.89. The second-order valence-electron chi connectivity index (χ2n) is 5.65. The topological polar surface area (TPSA) is 108 Å². The van der Waals surface area contributed by atoms with Gasteiger partial charge in [-0.15, -0.1) is 0 Å². The number of aryl methyl sites for hydroxylation is 3. The van der Waals surface area contributed by atoms with Crippen LogP contribution in [0.3, 0.4) is 0 Å². The van der Waals surface area contributed by atoms with Crippen molar-refractivity contribution in [3.63, 3.8) is 0 Å². The fourth-order valence-electron chi connectivity index (χ4n) is 2.54. The van der Waals surface area contributed by atoms with Crippen molar-refractivity contribution in [2.24, 2.45) is 0 Å². The van der Waals surface area contributed by atoms with Crippen molar-refractivity contribution in [2.45, 2.75) is 46.2 Å². The van der Waals surface area contributed by atoms with Gasteiger partial charge in [0.2, 0.25) is 5.91 Å². The number of carbonyl (C=O) groups is 1. The van der Waals surface area contributed by atoms with Crippen LogP contribution in [0.5, 0.6) is 0 Å². The molecule has 0 aromatic carbocycles. The lowest BCUT2D eigenvalue weighted by Crippen LogP contribution is -2.33. The molecule has 9 nitrogen and oxygen atoms in total. The highest BCUT2D eigenvalue weighted by atomic mass is 16.6. The van der Waals surface area contributed by atoms with Crippen molar-refractivity contribution in [1.82, 2.24) is 24.9 Å². The van der Waals surface area contributed by atoms with Crippen molar-refractivity contribution in [3.05, 3.63) is 40.0 Å². The zero-order valence-electron chi connectivity index (χ0n) is 14.1. The Balaban J connectivity index is 1.85. The Kier molecular flexibility index (Phi) is 5.67. The third kappa shape index (κ3) is 4.18.